The molecule has 2 aliphatic rings. The SMILES string of the molecule is CN1C(=O)c2ccccc2C(N2CCN(c3ccc(NC(=O)C(C)(C)C)cc3Cl)CC2)c2ccccc21. The van der Waals surface area contributed by atoms with Crippen LogP contribution in [-0.2, 0) is 4.79 Å². The molecule has 2 heterocycles. The fourth-order valence-corrected chi connectivity index (χ4v) is 5.49. The molecule has 0 spiro atoms. The molecule has 0 radical (unpaired) electrons. The molecule has 5 rings (SSSR count). The summed E-state index contributed by atoms with van der Waals surface area (Å²) in [5, 5.41) is 3.58. The number of amides is 2. The zero-order chi connectivity index (χ0) is 26.3. The van der Waals surface area contributed by atoms with Gasteiger partial charge in [0.05, 0.1) is 16.8 Å². The number of hydrogen-bond donors (Lipinski definition) is 1. The van der Waals surface area contributed by atoms with E-state index >= 15 is 0 Å². The first-order chi connectivity index (χ1) is 17.6. The second kappa shape index (κ2) is 9.84. The van der Waals surface area contributed by atoms with Gasteiger partial charge in [0.1, 0.15) is 0 Å². The van der Waals surface area contributed by atoms with Crippen molar-refractivity contribution in [2.45, 2.75) is 26.8 Å². The van der Waals surface area contributed by atoms with Gasteiger partial charge < -0.3 is 15.1 Å². The van der Waals surface area contributed by atoms with E-state index in [1.54, 1.807) is 4.90 Å². The van der Waals surface area contributed by atoms with E-state index in [1.165, 1.54) is 0 Å². The van der Waals surface area contributed by atoms with Gasteiger partial charge in [0, 0.05) is 55.6 Å². The van der Waals surface area contributed by atoms with Crippen molar-refractivity contribution in [2.24, 2.45) is 5.41 Å². The highest BCUT2D eigenvalue weighted by atomic mass is 35.5. The van der Waals surface area contributed by atoms with Crippen LogP contribution in [0.4, 0.5) is 17.1 Å². The normalized spacial score (nSPS) is 18.2. The molecule has 0 aromatic heterocycles. The molecule has 192 valence electrons. The van der Waals surface area contributed by atoms with E-state index in [9.17, 15) is 9.59 Å². The molecule has 1 unspecified atom stereocenters. The van der Waals surface area contributed by atoms with Crippen LogP contribution >= 0.6 is 11.6 Å². The van der Waals surface area contributed by atoms with Gasteiger partial charge in [-0.1, -0.05) is 68.8 Å². The number of para-hydroxylation sites is 1. The molecule has 37 heavy (non-hydrogen) atoms. The molecule has 6 nitrogen and oxygen atoms in total. The van der Waals surface area contributed by atoms with Crippen LogP contribution in [-0.4, -0.2) is 49.9 Å². The number of nitrogens with zero attached hydrogens (tertiary/aromatic N) is 3. The number of halogens is 1. The summed E-state index contributed by atoms with van der Waals surface area (Å²) in [6.45, 7) is 8.91. The number of piperazine rings is 1. The smallest absolute Gasteiger partial charge is 0.258 e. The summed E-state index contributed by atoms with van der Waals surface area (Å²) in [6, 6.07) is 21.9. The summed E-state index contributed by atoms with van der Waals surface area (Å²) in [7, 11) is 1.86. The third-order valence-electron chi connectivity index (χ3n) is 7.29. The van der Waals surface area contributed by atoms with Crippen molar-refractivity contribution in [3.05, 3.63) is 88.4 Å². The summed E-state index contributed by atoms with van der Waals surface area (Å²) >= 11 is 6.68. The predicted molar refractivity (Wildman–Crippen MR) is 151 cm³/mol. The van der Waals surface area contributed by atoms with Crippen LogP contribution in [0.1, 0.15) is 48.3 Å². The van der Waals surface area contributed by atoms with E-state index in [4.69, 9.17) is 11.6 Å². The molecular weight excluding hydrogens is 484 g/mol. The van der Waals surface area contributed by atoms with Gasteiger partial charge in [-0.2, -0.15) is 0 Å². The predicted octanol–water partition coefficient (Wildman–Crippen LogP) is 5.83. The monoisotopic (exact) mass is 516 g/mol. The maximum atomic E-state index is 13.3. The molecule has 0 bridgehead atoms. The lowest BCUT2D eigenvalue weighted by atomic mass is 9.93. The Morgan fingerprint density at radius 2 is 1.54 bits per heavy atom. The Balaban J connectivity index is 1.38. The lowest BCUT2D eigenvalue weighted by Gasteiger charge is -2.41. The van der Waals surface area contributed by atoms with E-state index in [0.717, 1.165) is 54.2 Å². The number of anilines is 3. The Labute approximate surface area is 223 Å². The van der Waals surface area contributed by atoms with Crippen LogP contribution in [0, 0.1) is 5.41 Å². The lowest BCUT2D eigenvalue weighted by molar-refractivity contribution is -0.123. The van der Waals surface area contributed by atoms with E-state index < -0.39 is 5.41 Å². The molecule has 1 atom stereocenters. The molecule has 2 amide bonds. The van der Waals surface area contributed by atoms with Gasteiger partial charge in [0.15, 0.2) is 0 Å². The van der Waals surface area contributed by atoms with Crippen molar-refractivity contribution in [3.63, 3.8) is 0 Å². The van der Waals surface area contributed by atoms with Gasteiger partial charge in [-0.3, -0.25) is 14.5 Å². The van der Waals surface area contributed by atoms with Gasteiger partial charge in [0.2, 0.25) is 5.91 Å². The lowest BCUT2D eigenvalue weighted by Crippen LogP contribution is -2.48. The fourth-order valence-electron chi connectivity index (χ4n) is 5.19. The van der Waals surface area contributed by atoms with Gasteiger partial charge in [-0.25, -0.2) is 0 Å². The number of carbonyl (C=O) groups is 2. The summed E-state index contributed by atoms with van der Waals surface area (Å²) < 4.78 is 0. The standard InChI is InChI=1S/C30H33ClN4O2/c1-30(2,3)29(37)32-20-13-14-26(24(31)19-20)34-15-17-35(18-16-34)27-21-9-5-6-10-22(21)28(36)33(4)25-12-8-7-11-23(25)27/h5-14,19,27H,15-18H2,1-4H3,(H,32,37). The summed E-state index contributed by atoms with van der Waals surface area (Å²) in [6.07, 6.45) is 0. The number of fused-ring (bicyclic) bond motifs is 2. The Morgan fingerprint density at radius 1 is 0.892 bits per heavy atom. The van der Waals surface area contributed by atoms with E-state index in [2.05, 4.69) is 27.2 Å². The summed E-state index contributed by atoms with van der Waals surface area (Å²) in [4.78, 5) is 32.2. The second-order valence-electron chi connectivity index (χ2n) is 10.8. The highest BCUT2D eigenvalue weighted by Gasteiger charge is 2.35. The van der Waals surface area contributed by atoms with Crippen molar-refractivity contribution >= 4 is 40.5 Å². The maximum absolute atomic E-state index is 13.3. The summed E-state index contributed by atoms with van der Waals surface area (Å²) in [5.74, 6) is -0.0207. The summed E-state index contributed by atoms with van der Waals surface area (Å²) in [5.41, 5.74) is 5.09. The van der Waals surface area contributed by atoms with Crippen LogP contribution in [0.15, 0.2) is 66.7 Å². The molecule has 1 fully saturated rings. The average Bonchev–Trinajstić information content (AvgIpc) is 2.97. The van der Waals surface area contributed by atoms with Gasteiger partial charge in [-0.15, -0.1) is 0 Å². The Morgan fingerprint density at radius 3 is 2.22 bits per heavy atom. The zero-order valence-electron chi connectivity index (χ0n) is 21.8. The minimum absolute atomic E-state index is 0.00564. The number of rotatable bonds is 3. The van der Waals surface area contributed by atoms with E-state index in [-0.39, 0.29) is 17.9 Å². The quantitative estimate of drug-likeness (QED) is 0.476. The largest absolute Gasteiger partial charge is 0.368 e. The van der Waals surface area contributed by atoms with Crippen molar-refractivity contribution in [2.75, 3.05) is 48.3 Å². The fraction of sp³-hybridized carbons (Fsp3) is 0.333. The van der Waals surface area contributed by atoms with Crippen LogP contribution in [0.2, 0.25) is 5.02 Å². The first-order valence-corrected chi connectivity index (χ1v) is 13.1. The molecule has 3 aromatic rings. The maximum Gasteiger partial charge on any atom is 0.258 e. The molecule has 2 aliphatic heterocycles. The molecule has 7 heteroatoms. The van der Waals surface area contributed by atoms with Crippen LogP contribution in [0.5, 0.6) is 0 Å². The first-order valence-electron chi connectivity index (χ1n) is 12.7. The second-order valence-corrected chi connectivity index (χ2v) is 11.2. The highest BCUT2D eigenvalue weighted by molar-refractivity contribution is 6.33. The van der Waals surface area contributed by atoms with Crippen LogP contribution < -0.4 is 15.1 Å². The number of carbonyl (C=O) groups excluding carboxylic acids is 2. The number of benzene rings is 3. The highest BCUT2D eigenvalue weighted by Crippen LogP contribution is 2.41. The average molecular weight is 517 g/mol. The topological polar surface area (TPSA) is 55.9 Å². The van der Waals surface area contributed by atoms with E-state index in [0.29, 0.717) is 10.7 Å². The molecule has 1 N–H and O–H groups in total. The van der Waals surface area contributed by atoms with Gasteiger partial charge in [0.25, 0.3) is 5.91 Å². The minimum Gasteiger partial charge on any atom is -0.368 e. The van der Waals surface area contributed by atoms with Crippen molar-refractivity contribution in [1.82, 2.24) is 4.90 Å². The zero-order valence-corrected chi connectivity index (χ0v) is 22.5. The van der Waals surface area contributed by atoms with E-state index in [1.807, 2.05) is 82.4 Å². The van der Waals surface area contributed by atoms with Crippen molar-refractivity contribution in [3.8, 4) is 0 Å². The van der Waals surface area contributed by atoms with Crippen molar-refractivity contribution in [1.29, 1.82) is 0 Å². The Kier molecular flexibility index (Phi) is 6.73. The molecule has 3 aromatic carbocycles. The van der Waals surface area contributed by atoms with Crippen LogP contribution in [0.25, 0.3) is 0 Å². The van der Waals surface area contributed by atoms with Gasteiger partial charge >= 0.3 is 0 Å². The molecule has 0 aliphatic carbocycles. The molecular formula is C30H33ClN4O2. The molecule has 0 saturated carbocycles. The number of hydrogen-bond acceptors (Lipinski definition) is 4. The minimum atomic E-state index is -0.476. The Bertz CT molecular complexity index is 1340. The molecule has 1 saturated heterocycles. The first kappa shape index (κ1) is 25.3. The van der Waals surface area contributed by atoms with Crippen molar-refractivity contribution < 1.29 is 9.59 Å². The third kappa shape index (κ3) is 4.83. The third-order valence-corrected chi connectivity index (χ3v) is 7.59. The van der Waals surface area contributed by atoms with Gasteiger partial charge in [-0.05, 0) is 41.5 Å². The number of nitrogens with one attached hydrogen (secondary N) is 1. The van der Waals surface area contributed by atoms with Crippen LogP contribution in [0.3, 0.4) is 0 Å². The Hall–Kier alpha value is -3.35.